The van der Waals surface area contributed by atoms with Crippen LogP contribution in [0.15, 0.2) is 53.1 Å². The number of nitrogens with one attached hydrogen (secondary N) is 1. The first-order chi connectivity index (χ1) is 19.4. The van der Waals surface area contributed by atoms with Gasteiger partial charge in [-0.1, -0.05) is 6.07 Å². The number of halogens is 10. The smallest absolute Gasteiger partial charge is 0.320 e. The summed E-state index contributed by atoms with van der Waals surface area (Å²) < 4.78 is 124. The number of aromatic nitrogens is 1. The molecule has 0 aliphatic heterocycles. The normalized spacial score (nSPS) is 15.2. The first-order valence-electron chi connectivity index (χ1n) is 12.1. The average molecular weight is 668 g/mol. The van der Waals surface area contributed by atoms with Crippen molar-refractivity contribution < 1.29 is 49.1 Å². The van der Waals surface area contributed by atoms with Crippen molar-refractivity contribution in [1.82, 2.24) is 4.98 Å². The molecule has 1 fully saturated rings. The van der Waals surface area contributed by atoms with Crippen molar-refractivity contribution in [3.8, 4) is 0 Å². The Morgan fingerprint density at radius 1 is 1.02 bits per heavy atom. The van der Waals surface area contributed by atoms with Crippen LogP contribution in [0.3, 0.4) is 0 Å². The highest BCUT2D eigenvalue weighted by Gasteiger charge is 2.54. The lowest BCUT2D eigenvalue weighted by Crippen LogP contribution is -2.35. The lowest BCUT2D eigenvalue weighted by Gasteiger charge is -2.26. The fourth-order valence-electron chi connectivity index (χ4n) is 3.98. The van der Waals surface area contributed by atoms with E-state index in [1.54, 1.807) is 0 Å². The lowest BCUT2D eigenvalue weighted by molar-refractivity contribution is -0.228. The average Bonchev–Trinajstić information content (AvgIpc) is 3.71. The molecular formula is C27H19BrF9N3O2. The second kappa shape index (κ2) is 11.2. The van der Waals surface area contributed by atoms with Gasteiger partial charge in [0.25, 0.3) is 11.8 Å². The molecule has 0 radical (unpaired) electrons. The fourth-order valence-corrected chi connectivity index (χ4v) is 4.54. The molecule has 1 aliphatic rings. The SMILES string of the molecule is CC(F)(c1cc(Br)c(NC(=O)c2cccc(N(CC3CC3)C(=O)c3ccc(F)nc3)c2F)c(C(F)(F)F)c1)C(F)(F)F. The minimum atomic E-state index is -5.56. The van der Waals surface area contributed by atoms with Gasteiger partial charge in [-0.05, 0) is 83.6 Å². The van der Waals surface area contributed by atoms with Crippen molar-refractivity contribution in [1.29, 1.82) is 0 Å². The Balaban J connectivity index is 1.73. The van der Waals surface area contributed by atoms with Gasteiger partial charge in [0.1, 0.15) is 0 Å². The van der Waals surface area contributed by atoms with E-state index in [1.807, 2.05) is 5.32 Å². The summed E-state index contributed by atoms with van der Waals surface area (Å²) in [6.45, 7) is 0.0649. The molecule has 5 nitrogen and oxygen atoms in total. The van der Waals surface area contributed by atoms with E-state index in [0.717, 1.165) is 48.2 Å². The molecule has 3 aromatic rings. The number of benzene rings is 2. The van der Waals surface area contributed by atoms with Gasteiger partial charge in [0.2, 0.25) is 11.6 Å². The highest BCUT2D eigenvalue weighted by Crippen LogP contribution is 2.47. The van der Waals surface area contributed by atoms with Gasteiger partial charge in [-0.2, -0.15) is 30.7 Å². The maximum Gasteiger partial charge on any atom is 0.426 e. The van der Waals surface area contributed by atoms with E-state index in [0.29, 0.717) is 6.07 Å². The molecule has 1 N–H and O–H groups in total. The maximum absolute atomic E-state index is 15.7. The molecule has 4 rings (SSSR count). The molecule has 1 unspecified atom stereocenters. The molecule has 0 bridgehead atoms. The molecule has 1 aromatic heterocycles. The standard InChI is InChI=1S/C27H19BrF9N3O2/c1-25(31,27(35,36)37)15-9-17(26(32,33)34)22(18(28)10-15)39-23(41)16-3-2-4-19(21(16)30)40(12-13-5-6-13)24(42)14-7-8-20(29)38-11-14/h2-4,7-11,13H,5-6,12H2,1H3,(H,39,41). The third kappa shape index (κ3) is 6.40. The van der Waals surface area contributed by atoms with Gasteiger partial charge in [-0.3, -0.25) is 9.59 Å². The molecule has 1 heterocycles. The van der Waals surface area contributed by atoms with E-state index in [-0.39, 0.29) is 31.0 Å². The molecule has 2 amide bonds. The summed E-state index contributed by atoms with van der Waals surface area (Å²) >= 11 is 2.66. The van der Waals surface area contributed by atoms with Crippen LogP contribution in [0, 0.1) is 17.7 Å². The third-order valence-corrected chi connectivity index (χ3v) is 7.20. The van der Waals surface area contributed by atoms with Crippen LogP contribution in [0.4, 0.5) is 50.9 Å². The lowest BCUT2D eigenvalue weighted by atomic mass is 9.94. The zero-order valence-corrected chi connectivity index (χ0v) is 22.9. The topological polar surface area (TPSA) is 62.3 Å². The zero-order valence-electron chi connectivity index (χ0n) is 21.3. The number of carbonyl (C=O) groups is 2. The van der Waals surface area contributed by atoms with Gasteiger partial charge in [-0.15, -0.1) is 0 Å². The number of hydrogen-bond acceptors (Lipinski definition) is 3. The summed E-state index contributed by atoms with van der Waals surface area (Å²) in [6, 6.07) is 5.64. The van der Waals surface area contributed by atoms with Gasteiger partial charge in [0.15, 0.2) is 5.82 Å². The zero-order chi connectivity index (χ0) is 31.2. The van der Waals surface area contributed by atoms with Crippen LogP contribution < -0.4 is 10.2 Å². The Morgan fingerprint density at radius 3 is 2.24 bits per heavy atom. The van der Waals surface area contributed by atoms with Crippen LogP contribution in [0.1, 0.15) is 51.6 Å². The van der Waals surface area contributed by atoms with Gasteiger partial charge in [0.05, 0.1) is 28.1 Å². The summed E-state index contributed by atoms with van der Waals surface area (Å²) in [4.78, 5) is 30.6. The van der Waals surface area contributed by atoms with Gasteiger partial charge in [-0.25, -0.2) is 13.8 Å². The Hall–Kier alpha value is -3.62. The first kappa shape index (κ1) is 31.3. The molecule has 224 valence electrons. The quantitative estimate of drug-likeness (QED) is 0.204. The summed E-state index contributed by atoms with van der Waals surface area (Å²) in [6.07, 6.45) is -8.53. The number of amides is 2. The molecule has 1 aliphatic carbocycles. The Kier molecular flexibility index (Phi) is 8.37. The van der Waals surface area contributed by atoms with E-state index in [2.05, 4.69) is 20.9 Å². The monoisotopic (exact) mass is 667 g/mol. The maximum atomic E-state index is 15.7. The van der Waals surface area contributed by atoms with Crippen LogP contribution in [0.2, 0.25) is 0 Å². The number of alkyl halides is 7. The molecule has 1 atom stereocenters. The third-order valence-electron chi connectivity index (χ3n) is 6.58. The van der Waals surface area contributed by atoms with Crippen LogP contribution in [0.5, 0.6) is 0 Å². The van der Waals surface area contributed by atoms with Crippen molar-refractivity contribution in [3.05, 3.63) is 87.2 Å². The minimum absolute atomic E-state index is 0.000872. The van der Waals surface area contributed by atoms with Crippen molar-refractivity contribution in [2.45, 2.75) is 37.8 Å². The second-order valence-corrected chi connectivity index (χ2v) is 10.6. The molecule has 1 saturated carbocycles. The Labute approximate surface area is 240 Å². The van der Waals surface area contributed by atoms with Crippen molar-refractivity contribution in [2.75, 3.05) is 16.8 Å². The molecule has 2 aromatic carbocycles. The Morgan fingerprint density at radius 2 is 1.69 bits per heavy atom. The predicted molar refractivity (Wildman–Crippen MR) is 137 cm³/mol. The summed E-state index contributed by atoms with van der Waals surface area (Å²) in [7, 11) is 0. The molecule has 0 saturated heterocycles. The summed E-state index contributed by atoms with van der Waals surface area (Å²) in [5.41, 5.74) is -9.74. The number of pyridine rings is 1. The largest absolute Gasteiger partial charge is 0.426 e. The molecule has 0 spiro atoms. The van der Waals surface area contributed by atoms with Crippen molar-refractivity contribution in [2.24, 2.45) is 5.92 Å². The highest BCUT2D eigenvalue weighted by atomic mass is 79.9. The number of hydrogen-bond donors (Lipinski definition) is 1. The predicted octanol–water partition coefficient (Wildman–Crippen LogP) is 8.20. The second-order valence-electron chi connectivity index (χ2n) is 9.70. The molecular weight excluding hydrogens is 649 g/mol. The van der Waals surface area contributed by atoms with E-state index in [4.69, 9.17) is 0 Å². The van der Waals surface area contributed by atoms with E-state index in [1.165, 1.54) is 6.07 Å². The first-order valence-corrected chi connectivity index (χ1v) is 12.9. The van der Waals surface area contributed by atoms with E-state index in [9.17, 15) is 44.7 Å². The number of anilines is 2. The van der Waals surface area contributed by atoms with Gasteiger partial charge in [0, 0.05) is 17.2 Å². The summed E-state index contributed by atoms with van der Waals surface area (Å²) in [5.74, 6) is -4.36. The number of rotatable bonds is 7. The van der Waals surface area contributed by atoms with E-state index < -0.39 is 74.1 Å². The van der Waals surface area contributed by atoms with E-state index >= 15 is 4.39 Å². The minimum Gasteiger partial charge on any atom is -0.320 e. The van der Waals surface area contributed by atoms with Gasteiger partial charge >= 0.3 is 12.4 Å². The number of nitrogens with zero attached hydrogens (tertiary/aromatic N) is 2. The molecule has 42 heavy (non-hydrogen) atoms. The van der Waals surface area contributed by atoms with Crippen molar-refractivity contribution in [3.63, 3.8) is 0 Å². The van der Waals surface area contributed by atoms with Crippen LogP contribution in [-0.2, 0) is 11.8 Å². The van der Waals surface area contributed by atoms with Crippen LogP contribution in [-0.4, -0.2) is 29.5 Å². The van der Waals surface area contributed by atoms with Crippen molar-refractivity contribution >= 4 is 39.1 Å². The summed E-state index contributed by atoms with van der Waals surface area (Å²) in [5, 5.41) is 1.84. The Bertz CT molecular complexity index is 1520. The van der Waals surface area contributed by atoms with Crippen LogP contribution in [0.25, 0.3) is 0 Å². The highest BCUT2D eigenvalue weighted by molar-refractivity contribution is 9.10. The van der Waals surface area contributed by atoms with Crippen LogP contribution >= 0.6 is 15.9 Å². The molecule has 15 heteroatoms. The number of carbonyl (C=O) groups excluding carboxylic acids is 2. The fraction of sp³-hybridized carbons (Fsp3) is 0.296. The van der Waals surface area contributed by atoms with Gasteiger partial charge < -0.3 is 10.2 Å².